The second-order valence-electron chi connectivity index (χ2n) is 5.48. The van der Waals surface area contributed by atoms with Crippen molar-refractivity contribution >= 4 is 33.3 Å². The zero-order valence-corrected chi connectivity index (χ0v) is 15.4. The maximum Gasteiger partial charge on any atom is 0.194 e. The summed E-state index contributed by atoms with van der Waals surface area (Å²) in [4.78, 5) is 12.7. The SMILES string of the molecule is COc1c(C)c(Br)cc(C(=O)c2ccc(C(C)C)cc2)c1Cl. The minimum absolute atomic E-state index is 0.112. The van der Waals surface area contributed by atoms with Crippen molar-refractivity contribution in [3.8, 4) is 5.75 Å². The first kappa shape index (κ1) is 17.0. The van der Waals surface area contributed by atoms with E-state index in [2.05, 4.69) is 29.8 Å². The zero-order valence-electron chi connectivity index (χ0n) is 13.0. The standard InChI is InChI=1S/C18H18BrClO2/c1-10(2)12-5-7-13(8-6-12)17(21)14-9-15(19)11(3)18(22-4)16(14)20/h5-10H,1-4H3. The van der Waals surface area contributed by atoms with Crippen LogP contribution in [0.25, 0.3) is 0 Å². The van der Waals surface area contributed by atoms with E-state index in [1.807, 2.05) is 31.2 Å². The Balaban J connectivity index is 2.47. The van der Waals surface area contributed by atoms with Crippen LogP contribution in [0, 0.1) is 6.92 Å². The molecule has 2 rings (SSSR count). The number of rotatable bonds is 4. The van der Waals surface area contributed by atoms with Gasteiger partial charge in [-0.15, -0.1) is 0 Å². The highest BCUT2D eigenvalue weighted by atomic mass is 79.9. The van der Waals surface area contributed by atoms with E-state index in [1.54, 1.807) is 13.2 Å². The van der Waals surface area contributed by atoms with Crippen LogP contribution in [0.2, 0.25) is 5.02 Å². The fraction of sp³-hybridized carbons (Fsp3) is 0.278. The Bertz CT molecular complexity index is 706. The van der Waals surface area contributed by atoms with Gasteiger partial charge < -0.3 is 4.74 Å². The average molecular weight is 382 g/mol. The fourth-order valence-electron chi connectivity index (χ4n) is 2.28. The summed E-state index contributed by atoms with van der Waals surface area (Å²) in [6.07, 6.45) is 0. The van der Waals surface area contributed by atoms with Gasteiger partial charge in [-0.25, -0.2) is 0 Å². The molecule has 0 radical (unpaired) electrons. The van der Waals surface area contributed by atoms with Crippen molar-refractivity contribution in [2.75, 3.05) is 7.11 Å². The number of carbonyl (C=O) groups excluding carboxylic acids is 1. The first-order valence-corrected chi connectivity index (χ1v) is 8.21. The summed E-state index contributed by atoms with van der Waals surface area (Å²) < 4.78 is 6.12. The normalized spacial score (nSPS) is 10.9. The molecule has 0 N–H and O–H groups in total. The Hall–Kier alpha value is -1.32. The number of hydrogen-bond donors (Lipinski definition) is 0. The second kappa shape index (κ2) is 6.84. The van der Waals surface area contributed by atoms with E-state index in [0.717, 1.165) is 10.0 Å². The minimum atomic E-state index is -0.112. The number of ketones is 1. The van der Waals surface area contributed by atoms with Crippen LogP contribution >= 0.6 is 27.5 Å². The molecule has 0 fully saturated rings. The van der Waals surface area contributed by atoms with Crippen LogP contribution in [0.15, 0.2) is 34.8 Å². The topological polar surface area (TPSA) is 26.3 Å². The molecule has 116 valence electrons. The van der Waals surface area contributed by atoms with Crippen LogP contribution in [-0.2, 0) is 0 Å². The van der Waals surface area contributed by atoms with Crippen LogP contribution in [-0.4, -0.2) is 12.9 Å². The van der Waals surface area contributed by atoms with E-state index in [0.29, 0.717) is 27.8 Å². The van der Waals surface area contributed by atoms with Crippen LogP contribution in [0.4, 0.5) is 0 Å². The number of ether oxygens (including phenoxy) is 1. The Morgan fingerprint density at radius 3 is 2.32 bits per heavy atom. The molecule has 0 atom stereocenters. The molecular formula is C18H18BrClO2. The lowest BCUT2D eigenvalue weighted by Crippen LogP contribution is -2.05. The maximum atomic E-state index is 12.7. The molecule has 0 saturated heterocycles. The monoisotopic (exact) mass is 380 g/mol. The van der Waals surface area contributed by atoms with Gasteiger partial charge in [0.15, 0.2) is 5.78 Å². The molecule has 0 unspecified atom stereocenters. The molecule has 0 aliphatic heterocycles. The molecule has 0 heterocycles. The van der Waals surface area contributed by atoms with E-state index in [9.17, 15) is 4.79 Å². The lowest BCUT2D eigenvalue weighted by molar-refractivity contribution is 0.103. The molecule has 22 heavy (non-hydrogen) atoms. The van der Waals surface area contributed by atoms with Gasteiger partial charge in [0.2, 0.25) is 0 Å². The first-order valence-electron chi connectivity index (χ1n) is 7.04. The molecule has 0 spiro atoms. The highest BCUT2D eigenvalue weighted by Crippen LogP contribution is 2.37. The number of methoxy groups -OCH3 is 1. The van der Waals surface area contributed by atoms with Crippen LogP contribution in [0.5, 0.6) is 5.75 Å². The molecule has 0 aromatic heterocycles. The van der Waals surface area contributed by atoms with Gasteiger partial charge in [-0.05, 0) is 24.5 Å². The molecule has 2 nitrogen and oxygen atoms in total. The highest BCUT2D eigenvalue weighted by Gasteiger charge is 2.20. The van der Waals surface area contributed by atoms with Crippen molar-refractivity contribution in [1.29, 1.82) is 0 Å². The third-order valence-corrected chi connectivity index (χ3v) is 4.89. The summed E-state index contributed by atoms with van der Waals surface area (Å²) in [6.45, 7) is 6.13. The fourth-order valence-corrected chi connectivity index (χ4v) is 3.04. The van der Waals surface area contributed by atoms with Crippen molar-refractivity contribution in [3.05, 3.63) is 62.1 Å². The summed E-state index contributed by atoms with van der Waals surface area (Å²) in [6, 6.07) is 9.39. The van der Waals surface area contributed by atoms with Gasteiger partial charge in [-0.1, -0.05) is 65.6 Å². The van der Waals surface area contributed by atoms with Crippen LogP contribution < -0.4 is 4.74 Å². The highest BCUT2D eigenvalue weighted by molar-refractivity contribution is 9.10. The first-order chi connectivity index (χ1) is 10.4. The molecular weight excluding hydrogens is 364 g/mol. The number of hydrogen-bond acceptors (Lipinski definition) is 2. The zero-order chi connectivity index (χ0) is 16.4. The van der Waals surface area contributed by atoms with E-state index in [4.69, 9.17) is 16.3 Å². The summed E-state index contributed by atoms with van der Waals surface area (Å²) >= 11 is 9.80. The van der Waals surface area contributed by atoms with E-state index < -0.39 is 0 Å². The molecule has 2 aromatic carbocycles. The summed E-state index contributed by atoms with van der Waals surface area (Å²) in [5.41, 5.74) is 3.13. The molecule has 0 bridgehead atoms. The smallest absolute Gasteiger partial charge is 0.194 e. The van der Waals surface area contributed by atoms with Crippen molar-refractivity contribution in [3.63, 3.8) is 0 Å². The summed E-state index contributed by atoms with van der Waals surface area (Å²) in [5, 5.41) is 0.348. The molecule has 0 aliphatic carbocycles. The molecule has 2 aromatic rings. The maximum absolute atomic E-state index is 12.7. The average Bonchev–Trinajstić information content (AvgIpc) is 2.51. The Kier molecular flexibility index (Phi) is 5.30. The van der Waals surface area contributed by atoms with Gasteiger partial charge in [0.25, 0.3) is 0 Å². The van der Waals surface area contributed by atoms with E-state index in [1.165, 1.54) is 5.56 Å². The van der Waals surface area contributed by atoms with Crippen LogP contribution in [0.3, 0.4) is 0 Å². The predicted octanol–water partition coefficient (Wildman–Crippen LogP) is 5.77. The van der Waals surface area contributed by atoms with Crippen molar-refractivity contribution in [2.45, 2.75) is 26.7 Å². The molecule has 4 heteroatoms. The van der Waals surface area contributed by atoms with Crippen molar-refractivity contribution in [1.82, 2.24) is 0 Å². The molecule has 0 amide bonds. The van der Waals surface area contributed by atoms with Gasteiger partial charge in [0.05, 0.1) is 12.1 Å². The van der Waals surface area contributed by atoms with Crippen molar-refractivity contribution in [2.24, 2.45) is 0 Å². The molecule has 0 saturated carbocycles. The Morgan fingerprint density at radius 2 is 1.82 bits per heavy atom. The Labute approximate surface area is 144 Å². The second-order valence-corrected chi connectivity index (χ2v) is 6.72. The molecule has 0 aliphatic rings. The number of carbonyl (C=O) groups is 1. The van der Waals surface area contributed by atoms with E-state index in [-0.39, 0.29) is 5.78 Å². The number of halogens is 2. The lowest BCUT2D eigenvalue weighted by Gasteiger charge is -2.13. The largest absolute Gasteiger partial charge is 0.495 e. The van der Waals surface area contributed by atoms with E-state index >= 15 is 0 Å². The van der Waals surface area contributed by atoms with Gasteiger partial charge in [0, 0.05) is 21.2 Å². The minimum Gasteiger partial charge on any atom is -0.495 e. The predicted molar refractivity (Wildman–Crippen MR) is 94.4 cm³/mol. The van der Waals surface area contributed by atoms with Crippen molar-refractivity contribution < 1.29 is 9.53 Å². The third-order valence-electron chi connectivity index (χ3n) is 3.69. The van der Waals surface area contributed by atoms with Crippen LogP contribution in [0.1, 0.15) is 46.8 Å². The summed E-state index contributed by atoms with van der Waals surface area (Å²) in [7, 11) is 1.55. The Morgan fingerprint density at radius 1 is 1.23 bits per heavy atom. The van der Waals surface area contributed by atoms with Gasteiger partial charge in [-0.2, -0.15) is 0 Å². The number of benzene rings is 2. The quantitative estimate of drug-likeness (QED) is 0.628. The van der Waals surface area contributed by atoms with Gasteiger partial charge in [0.1, 0.15) is 5.75 Å². The van der Waals surface area contributed by atoms with Gasteiger partial charge in [-0.3, -0.25) is 4.79 Å². The summed E-state index contributed by atoms with van der Waals surface area (Å²) in [5.74, 6) is 0.846. The lowest BCUT2D eigenvalue weighted by atomic mass is 9.97. The van der Waals surface area contributed by atoms with Gasteiger partial charge >= 0.3 is 0 Å². The third kappa shape index (κ3) is 3.21.